The summed E-state index contributed by atoms with van der Waals surface area (Å²) in [6.45, 7) is 6.97. The Morgan fingerprint density at radius 2 is 2.03 bits per heavy atom. The van der Waals surface area contributed by atoms with Gasteiger partial charge in [0.25, 0.3) is 5.91 Å². The minimum Gasteiger partial charge on any atom is -0.481 e. The molecule has 0 fully saturated rings. The summed E-state index contributed by atoms with van der Waals surface area (Å²) >= 11 is 1.47. The Bertz CT molecular complexity index is 940. The fraction of sp³-hybridized carbons (Fsp3) is 0.522. The molecule has 0 aliphatic heterocycles. The molecular weight excluding hydrogens is 416 g/mol. The molecule has 1 aliphatic carbocycles. The van der Waals surface area contributed by atoms with Crippen LogP contribution >= 0.6 is 11.3 Å². The topological polar surface area (TPSA) is 109 Å². The molecular formula is C23H30N2O5S. The summed E-state index contributed by atoms with van der Waals surface area (Å²) in [4.78, 5) is 37.3. The molecule has 0 aromatic carbocycles. The molecule has 0 radical (unpaired) electrons. The van der Waals surface area contributed by atoms with Crippen LogP contribution in [0.5, 0.6) is 0 Å². The Morgan fingerprint density at radius 1 is 1.26 bits per heavy atom. The molecule has 8 heteroatoms. The molecule has 1 unspecified atom stereocenters. The molecule has 1 aliphatic rings. The maximum absolute atomic E-state index is 13.1. The van der Waals surface area contributed by atoms with E-state index in [9.17, 15) is 14.4 Å². The van der Waals surface area contributed by atoms with E-state index in [1.165, 1.54) is 11.3 Å². The maximum atomic E-state index is 13.1. The average Bonchev–Trinajstić information content (AvgIpc) is 3.31. The van der Waals surface area contributed by atoms with E-state index >= 15 is 0 Å². The zero-order valence-corrected chi connectivity index (χ0v) is 19.1. The molecule has 2 amide bonds. The molecule has 0 saturated carbocycles. The van der Waals surface area contributed by atoms with Gasteiger partial charge in [-0.1, -0.05) is 20.8 Å². The highest BCUT2D eigenvalue weighted by Gasteiger charge is 2.34. The number of rotatable bonds is 8. The van der Waals surface area contributed by atoms with E-state index < -0.39 is 5.97 Å². The molecule has 31 heavy (non-hydrogen) atoms. The molecule has 168 valence electrons. The number of hydrogen-bond acceptors (Lipinski definition) is 5. The molecule has 2 aromatic rings. The van der Waals surface area contributed by atoms with E-state index in [0.29, 0.717) is 22.2 Å². The van der Waals surface area contributed by atoms with Crippen molar-refractivity contribution in [3.8, 4) is 0 Å². The van der Waals surface area contributed by atoms with Gasteiger partial charge in [0.2, 0.25) is 5.91 Å². The Balaban J connectivity index is 1.80. The molecule has 0 bridgehead atoms. The lowest BCUT2D eigenvalue weighted by Gasteiger charge is -2.33. The first kappa shape index (κ1) is 23.1. The second-order valence-corrected chi connectivity index (χ2v) is 10.2. The second-order valence-electron chi connectivity index (χ2n) is 9.07. The first-order valence-electron chi connectivity index (χ1n) is 10.6. The molecule has 2 heterocycles. The Morgan fingerprint density at radius 3 is 2.68 bits per heavy atom. The minimum atomic E-state index is -0.925. The van der Waals surface area contributed by atoms with Crippen molar-refractivity contribution in [3.63, 3.8) is 0 Å². The van der Waals surface area contributed by atoms with Gasteiger partial charge in [0.05, 0.1) is 18.4 Å². The molecule has 0 spiro atoms. The third-order valence-electron chi connectivity index (χ3n) is 5.77. The lowest BCUT2D eigenvalue weighted by Crippen LogP contribution is -2.28. The number of amides is 2. The maximum Gasteiger partial charge on any atom is 0.303 e. The van der Waals surface area contributed by atoms with Crippen LogP contribution in [0.15, 0.2) is 22.8 Å². The van der Waals surface area contributed by atoms with Crippen LogP contribution in [0.3, 0.4) is 0 Å². The van der Waals surface area contributed by atoms with Crippen molar-refractivity contribution < 1.29 is 23.9 Å². The Labute approximate surface area is 186 Å². The van der Waals surface area contributed by atoms with Crippen molar-refractivity contribution in [1.82, 2.24) is 5.32 Å². The number of carboxylic acid groups (broad SMARTS) is 1. The minimum absolute atomic E-state index is 0.0574. The lowest BCUT2D eigenvalue weighted by molar-refractivity contribution is -0.137. The molecule has 1 atom stereocenters. The van der Waals surface area contributed by atoms with Crippen molar-refractivity contribution in [2.75, 3.05) is 5.32 Å². The fourth-order valence-corrected chi connectivity index (χ4v) is 5.25. The third kappa shape index (κ3) is 5.97. The number of carbonyl (C=O) groups is 3. The molecule has 3 rings (SSSR count). The third-order valence-corrected chi connectivity index (χ3v) is 6.94. The smallest absolute Gasteiger partial charge is 0.303 e. The fourth-order valence-electron chi connectivity index (χ4n) is 3.91. The van der Waals surface area contributed by atoms with Crippen LogP contribution in [-0.2, 0) is 29.0 Å². The number of furan rings is 1. The van der Waals surface area contributed by atoms with Crippen molar-refractivity contribution >= 4 is 34.1 Å². The van der Waals surface area contributed by atoms with Crippen LogP contribution in [0.1, 0.15) is 73.0 Å². The Kier molecular flexibility index (Phi) is 7.20. The van der Waals surface area contributed by atoms with E-state index in [2.05, 4.69) is 31.4 Å². The molecule has 0 saturated heterocycles. The standard InChI is InChI=1S/C23H30N2O5S/c1-23(2,3)14-9-10-16-17(12-14)31-22(25-18(26)7-4-8-19(27)28)20(16)21(29)24-13-15-6-5-11-30-15/h5-6,11,14H,4,7-10,12-13H2,1-3H3,(H,24,29)(H,25,26)(H,27,28). The largest absolute Gasteiger partial charge is 0.481 e. The van der Waals surface area contributed by atoms with Gasteiger partial charge < -0.3 is 20.2 Å². The van der Waals surface area contributed by atoms with Gasteiger partial charge in [-0.05, 0) is 54.7 Å². The number of anilines is 1. The number of hydrogen-bond donors (Lipinski definition) is 3. The van der Waals surface area contributed by atoms with Gasteiger partial charge in [-0.25, -0.2) is 0 Å². The van der Waals surface area contributed by atoms with Gasteiger partial charge in [0, 0.05) is 17.7 Å². The van der Waals surface area contributed by atoms with Crippen molar-refractivity contribution in [3.05, 3.63) is 40.2 Å². The zero-order chi connectivity index (χ0) is 22.6. The Hall–Kier alpha value is -2.61. The molecule has 3 N–H and O–H groups in total. The van der Waals surface area contributed by atoms with Crippen LogP contribution in [0, 0.1) is 11.3 Å². The molecule has 7 nitrogen and oxygen atoms in total. The van der Waals surface area contributed by atoms with Crippen LogP contribution in [0.25, 0.3) is 0 Å². The van der Waals surface area contributed by atoms with Gasteiger partial charge in [-0.3, -0.25) is 14.4 Å². The van der Waals surface area contributed by atoms with E-state index in [1.54, 1.807) is 18.4 Å². The lowest BCUT2D eigenvalue weighted by atomic mass is 9.72. The summed E-state index contributed by atoms with van der Waals surface area (Å²) in [6.07, 6.45) is 4.55. The predicted molar refractivity (Wildman–Crippen MR) is 119 cm³/mol. The first-order chi connectivity index (χ1) is 14.6. The normalized spacial score (nSPS) is 15.9. The summed E-state index contributed by atoms with van der Waals surface area (Å²) in [7, 11) is 0. The van der Waals surface area contributed by atoms with E-state index in [0.717, 1.165) is 29.7 Å². The first-order valence-corrected chi connectivity index (χ1v) is 11.4. The summed E-state index contributed by atoms with van der Waals surface area (Å²) in [5.41, 5.74) is 1.72. The van der Waals surface area contributed by atoms with Gasteiger partial charge in [-0.15, -0.1) is 11.3 Å². The highest BCUT2D eigenvalue weighted by atomic mass is 32.1. The van der Waals surface area contributed by atoms with Gasteiger partial charge in [0.15, 0.2) is 0 Å². The van der Waals surface area contributed by atoms with Crippen LogP contribution in [0.2, 0.25) is 0 Å². The summed E-state index contributed by atoms with van der Waals surface area (Å²) in [6, 6.07) is 3.56. The zero-order valence-electron chi connectivity index (χ0n) is 18.2. The number of carbonyl (C=O) groups excluding carboxylic acids is 2. The summed E-state index contributed by atoms with van der Waals surface area (Å²) in [5, 5.41) is 15.1. The SMILES string of the molecule is CC(C)(C)C1CCc2c(sc(NC(=O)CCCC(=O)O)c2C(=O)NCc2ccco2)C1. The highest BCUT2D eigenvalue weighted by molar-refractivity contribution is 7.17. The monoisotopic (exact) mass is 446 g/mol. The van der Waals surface area contributed by atoms with E-state index in [4.69, 9.17) is 9.52 Å². The van der Waals surface area contributed by atoms with Crippen LogP contribution in [0.4, 0.5) is 5.00 Å². The average molecular weight is 447 g/mol. The van der Waals surface area contributed by atoms with Crippen molar-refractivity contribution in [2.24, 2.45) is 11.3 Å². The second kappa shape index (κ2) is 9.68. The van der Waals surface area contributed by atoms with E-state index in [-0.39, 0.29) is 43.0 Å². The summed E-state index contributed by atoms with van der Waals surface area (Å²) in [5.74, 6) is -0.261. The van der Waals surface area contributed by atoms with Crippen LogP contribution < -0.4 is 10.6 Å². The number of carboxylic acids is 1. The number of nitrogens with one attached hydrogen (secondary N) is 2. The number of aliphatic carboxylic acids is 1. The van der Waals surface area contributed by atoms with Crippen LogP contribution in [-0.4, -0.2) is 22.9 Å². The van der Waals surface area contributed by atoms with E-state index in [1.807, 2.05) is 0 Å². The number of thiophene rings is 1. The quantitative estimate of drug-likeness (QED) is 0.548. The highest BCUT2D eigenvalue weighted by Crippen LogP contribution is 2.44. The van der Waals surface area contributed by atoms with Crippen molar-refractivity contribution in [2.45, 2.75) is 65.8 Å². The number of fused-ring (bicyclic) bond motifs is 1. The van der Waals surface area contributed by atoms with Crippen molar-refractivity contribution in [1.29, 1.82) is 0 Å². The predicted octanol–water partition coefficient (Wildman–Crippen LogP) is 4.62. The van der Waals surface area contributed by atoms with Gasteiger partial charge in [-0.2, -0.15) is 0 Å². The van der Waals surface area contributed by atoms with Gasteiger partial charge in [0.1, 0.15) is 10.8 Å². The molecule has 2 aromatic heterocycles. The van der Waals surface area contributed by atoms with Gasteiger partial charge >= 0.3 is 5.97 Å². The summed E-state index contributed by atoms with van der Waals surface area (Å²) < 4.78 is 5.29.